The van der Waals surface area contributed by atoms with Crippen LogP contribution in [0.4, 0.5) is 0 Å². The molecule has 1 unspecified atom stereocenters. The molecule has 14 heavy (non-hydrogen) atoms. The zero-order chi connectivity index (χ0) is 10.4. The Morgan fingerprint density at radius 1 is 1.64 bits per heavy atom. The van der Waals surface area contributed by atoms with Crippen molar-refractivity contribution in [2.45, 2.75) is 26.7 Å². The molecule has 0 aromatic rings. The van der Waals surface area contributed by atoms with Crippen molar-refractivity contribution in [2.75, 3.05) is 19.6 Å². The molecule has 0 radical (unpaired) electrons. The van der Waals surface area contributed by atoms with E-state index in [1.54, 1.807) is 6.92 Å². The summed E-state index contributed by atoms with van der Waals surface area (Å²) in [6, 6.07) is 0. The molecule has 0 bridgehead atoms. The zero-order valence-electron chi connectivity index (χ0n) is 8.94. The fourth-order valence-electron chi connectivity index (χ4n) is 1.80. The lowest BCUT2D eigenvalue weighted by Crippen LogP contribution is -2.42. The fourth-order valence-corrected chi connectivity index (χ4v) is 1.80. The molecule has 1 fully saturated rings. The minimum absolute atomic E-state index is 0.146. The zero-order valence-corrected chi connectivity index (χ0v) is 8.94. The molecule has 0 aliphatic carbocycles. The first-order valence-corrected chi connectivity index (χ1v) is 5.14. The number of hydrogen-bond acceptors (Lipinski definition) is 2. The van der Waals surface area contributed by atoms with Crippen LogP contribution in [0.25, 0.3) is 0 Å². The maximum Gasteiger partial charge on any atom is 0.228 e. The molecule has 1 rings (SSSR count). The topological polar surface area (TPSA) is 41.1 Å². The highest BCUT2D eigenvalue weighted by atomic mass is 16.2. The monoisotopic (exact) mass is 194 g/mol. The van der Waals surface area contributed by atoms with Crippen LogP contribution >= 0.6 is 0 Å². The Hall–Kier alpha value is -1.01. The lowest BCUT2D eigenvalue weighted by Gasteiger charge is -2.24. The van der Waals surface area contributed by atoms with Crippen LogP contribution < -0.4 is 10.6 Å². The van der Waals surface area contributed by atoms with Crippen molar-refractivity contribution in [3.8, 4) is 11.8 Å². The molecule has 78 valence electrons. The summed E-state index contributed by atoms with van der Waals surface area (Å²) in [5.41, 5.74) is -0.185. The maximum atomic E-state index is 11.9. The largest absolute Gasteiger partial charge is 0.345 e. The van der Waals surface area contributed by atoms with E-state index in [0.717, 1.165) is 25.9 Å². The van der Waals surface area contributed by atoms with Gasteiger partial charge in [-0.1, -0.05) is 12.8 Å². The van der Waals surface area contributed by atoms with Crippen molar-refractivity contribution < 1.29 is 4.79 Å². The van der Waals surface area contributed by atoms with Gasteiger partial charge in [0.25, 0.3) is 0 Å². The van der Waals surface area contributed by atoms with E-state index in [9.17, 15) is 4.79 Å². The van der Waals surface area contributed by atoms with Gasteiger partial charge in [0.2, 0.25) is 5.91 Å². The Morgan fingerprint density at radius 3 is 2.93 bits per heavy atom. The molecule has 1 saturated heterocycles. The molecule has 1 atom stereocenters. The van der Waals surface area contributed by atoms with Gasteiger partial charge in [-0.05, 0) is 26.3 Å². The van der Waals surface area contributed by atoms with Crippen LogP contribution in [0.5, 0.6) is 0 Å². The molecule has 0 spiro atoms. The van der Waals surface area contributed by atoms with Crippen molar-refractivity contribution in [1.82, 2.24) is 10.6 Å². The van der Waals surface area contributed by atoms with Crippen molar-refractivity contribution >= 4 is 5.91 Å². The molecule has 0 aromatic heterocycles. The van der Waals surface area contributed by atoms with E-state index in [2.05, 4.69) is 29.4 Å². The number of amides is 1. The predicted molar refractivity (Wildman–Crippen MR) is 56.7 cm³/mol. The van der Waals surface area contributed by atoms with Crippen LogP contribution in [0.15, 0.2) is 0 Å². The first-order chi connectivity index (χ1) is 6.75. The molecule has 1 aliphatic rings. The van der Waals surface area contributed by atoms with Gasteiger partial charge in [-0.2, -0.15) is 0 Å². The van der Waals surface area contributed by atoms with E-state index in [4.69, 9.17) is 0 Å². The number of carbonyl (C=O) groups excluding carboxylic acids is 1. The Kier molecular flexibility index (Phi) is 3.97. The van der Waals surface area contributed by atoms with E-state index in [0.29, 0.717) is 6.54 Å². The van der Waals surface area contributed by atoms with Crippen molar-refractivity contribution in [1.29, 1.82) is 0 Å². The predicted octanol–water partition coefficient (Wildman–Crippen LogP) is 0.516. The van der Waals surface area contributed by atoms with Crippen LogP contribution in [0.2, 0.25) is 0 Å². The average Bonchev–Trinajstić information content (AvgIpc) is 2.67. The van der Waals surface area contributed by atoms with Crippen molar-refractivity contribution in [3.63, 3.8) is 0 Å². The van der Waals surface area contributed by atoms with E-state index < -0.39 is 0 Å². The van der Waals surface area contributed by atoms with Gasteiger partial charge in [0.15, 0.2) is 0 Å². The lowest BCUT2D eigenvalue weighted by atomic mass is 9.83. The van der Waals surface area contributed by atoms with Crippen molar-refractivity contribution in [3.05, 3.63) is 0 Å². The molecular formula is C11H18N2O. The molecular weight excluding hydrogens is 176 g/mol. The summed E-state index contributed by atoms with van der Waals surface area (Å²) in [5, 5.41) is 6.10. The van der Waals surface area contributed by atoms with Gasteiger partial charge >= 0.3 is 0 Å². The van der Waals surface area contributed by atoms with E-state index in [1.807, 2.05) is 0 Å². The third kappa shape index (κ3) is 2.27. The highest BCUT2D eigenvalue weighted by Crippen LogP contribution is 2.29. The van der Waals surface area contributed by atoms with Gasteiger partial charge < -0.3 is 10.6 Å². The highest BCUT2D eigenvalue weighted by molar-refractivity contribution is 5.83. The molecule has 2 N–H and O–H groups in total. The van der Waals surface area contributed by atoms with E-state index in [-0.39, 0.29) is 11.3 Å². The summed E-state index contributed by atoms with van der Waals surface area (Å²) < 4.78 is 0. The fraction of sp³-hybridized carbons (Fsp3) is 0.727. The summed E-state index contributed by atoms with van der Waals surface area (Å²) in [6.45, 7) is 6.06. The Bertz CT molecular complexity index is 256. The van der Waals surface area contributed by atoms with E-state index >= 15 is 0 Å². The number of carbonyl (C=O) groups is 1. The van der Waals surface area contributed by atoms with Crippen LogP contribution in [-0.2, 0) is 4.79 Å². The number of rotatable bonds is 3. The Morgan fingerprint density at radius 2 is 2.43 bits per heavy atom. The molecule has 1 heterocycles. The van der Waals surface area contributed by atoms with Gasteiger partial charge in [-0.25, -0.2) is 0 Å². The molecule has 1 amide bonds. The average molecular weight is 194 g/mol. The quantitative estimate of drug-likeness (QED) is 0.643. The van der Waals surface area contributed by atoms with E-state index in [1.165, 1.54) is 0 Å². The minimum atomic E-state index is -0.185. The molecule has 1 aliphatic heterocycles. The molecule has 0 aromatic carbocycles. The lowest BCUT2D eigenvalue weighted by molar-refractivity contribution is -0.130. The van der Waals surface area contributed by atoms with Gasteiger partial charge in [0, 0.05) is 6.54 Å². The molecule has 3 heteroatoms. The first-order valence-electron chi connectivity index (χ1n) is 5.14. The van der Waals surface area contributed by atoms with Gasteiger partial charge in [0.05, 0.1) is 12.0 Å². The summed E-state index contributed by atoms with van der Waals surface area (Å²) in [6.07, 6.45) is 1.83. The minimum Gasteiger partial charge on any atom is -0.345 e. The van der Waals surface area contributed by atoms with Crippen molar-refractivity contribution in [2.24, 2.45) is 5.41 Å². The van der Waals surface area contributed by atoms with Gasteiger partial charge in [0.1, 0.15) is 0 Å². The van der Waals surface area contributed by atoms with Crippen LogP contribution in [-0.4, -0.2) is 25.5 Å². The first kappa shape index (κ1) is 11.1. The smallest absolute Gasteiger partial charge is 0.228 e. The Balaban J connectivity index is 2.50. The van der Waals surface area contributed by atoms with Crippen LogP contribution in [0.1, 0.15) is 26.7 Å². The van der Waals surface area contributed by atoms with Crippen LogP contribution in [0, 0.1) is 17.3 Å². The maximum absolute atomic E-state index is 11.9. The SMILES string of the molecule is CC#CCNC(=O)C1(CC)CCNC1. The standard InChI is InChI=1S/C11H18N2O/c1-3-5-7-13-10(14)11(4-2)6-8-12-9-11/h12H,4,6-9H2,1-2H3,(H,13,14). The Labute approximate surface area is 85.6 Å². The normalized spacial score (nSPS) is 25.3. The second-order valence-electron chi connectivity index (χ2n) is 3.67. The number of hydrogen-bond donors (Lipinski definition) is 2. The van der Waals surface area contributed by atoms with Gasteiger partial charge in [-0.15, -0.1) is 5.92 Å². The molecule has 3 nitrogen and oxygen atoms in total. The van der Waals surface area contributed by atoms with Gasteiger partial charge in [-0.3, -0.25) is 4.79 Å². The second kappa shape index (κ2) is 5.02. The summed E-state index contributed by atoms with van der Waals surface area (Å²) in [7, 11) is 0. The summed E-state index contributed by atoms with van der Waals surface area (Å²) in [4.78, 5) is 11.9. The third-order valence-electron chi connectivity index (χ3n) is 2.92. The number of nitrogens with one attached hydrogen (secondary N) is 2. The third-order valence-corrected chi connectivity index (χ3v) is 2.92. The summed E-state index contributed by atoms with van der Waals surface area (Å²) >= 11 is 0. The second-order valence-corrected chi connectivity index (χ2v) is 3.67. The highest BCUT2D eigenvalue weighted by Gasteiger charge is 2.38. The summed E-state index contributed by atoms with van der Waals surface area (Å²) in [5.74, 6) is 5.75. The molecule has 0 saturated carbocycles. The van der Waals surface area contributed by atoms with Crippen LogP contribution in [0.3, 0.4) is 0 Å².